The third kappa shape index (κ3) is 4.28. The normalized spacial score (nSPS) is 16.9. The maximum Gasteiger partial charge on any atom is 0.195 e. The molecule has 210 valence electrons. The molecule has 0 spiro atoms. The van der Waals surface area contributed by atoms with Crippen molar-refractivity contribution in [2.45, 2.75) is 13.0 Å². The number of hydrogen-bond acceptors (Lipinski definition) is 11. The molecule has 0 aromatic carbocycles. The number of rotatable bonds is 6. The lowest BCUT2D eigenvalue weighted by Gasteiger charge is -2.28. The number of likely N-dealkylation sites (N-methyl/N-ethyl adjacent to an activating group) is 1. The van der Waals surface area contributed by atoms with Gasteiger partial charge in [0.25, 0.3) is 0 Å². The van der Waals surface area contributed by atoms with E-state index >= 15 is 0 Å². The number of carbonyl (C=O) groups is 1. The maximum absolute atomic E-state index is 12.9. The number of pyridine rings is 4. The second-order valence-corrected chi connectivity index (χ2v) is 11.9. The molecule has 1 saturated heterocycles. The van der Waals surface area contributed by atoms with Crippen molar-refractivity contribution in [2.24, 2.45) is 5.92 Å². The molecule has 0 saturated carbocycles. The third-order valence-corrected chi connectivity index (χ3v) is 9.23. The Morgan fingerprint density at radius 2 is 1.62 bits per heavy atom. The van der Waals surface area contributed by atoms with Gasteiger partial charge in [0, 0.05) is 67.3 Å². The summed E-state index contributed by atoms with van der Waals surface area (Å²) in [4.78, 5) is 60.4. The fourth-order valence-corrected chi connectivity index (χ4v) is 6.74. The van der Waals surface area contributed by atoms with Crippen LogP contribution in [0.5, 0.6) is 0 Å². The summed E-state index contributed by atoms with van der Waals surface area (Å²) in [6.45, 7) is 2.76. The average molecular weight is 597 g/mol. The predicted molar refractivity (Wildman–Crippen MR) is 165 cm³/mol. The first kappa shape index (κ1) is 26.2. The van der Waals surface area contributed by atoms with Gasteiger partial charge >= 0.3 is 0 Å². The van der Waals surface area contributed by atoms with Crippen molar-refractivity contribution in [1.82, 2.24) is 29.1 Å². The van der Waals surface area contributed by atoms with E-state index in [9.17, 15) is 14.4 Å². The van der Waals surface area contributed by atoms with E-state index in [1.165, 1.54) is 28.7 Å². The van der Waals surface area contributed by atoms with Gasteiger partial charge in [-0.05, 0) is 31.2 Å². The first-order valence-corrected chi connectivity index (χ1v) is 15.0. The van der Waals surface area contributed by atoms with Gasteiger partial charge in [-0.15, -0.1) is 22.7 Å². The van der Waals surface area contributed by atoms with Crippen LogP contribution >= 0.6 is 22.7 Å². The Morgan fingerprint density at radius 3 is 2.33 bits per heavy atom. The van der Waals surface area contributed by atoms with Crippen LogP contribution in [0.4, 0.5) is 11.6 Å². The highest BCUT2D eigenvalue weighted by atomic mass is 32.1. The van der Waals surface area contributed by atoms with Crippen molar-refractivity contribution in [3.05, 3.63) is 91.9 Å². The summed E-state index contributed by atoms with van der Waals surface area (Å²) in [5, 5.41) is 6.18. The molecule has 6 aromatic heterocycles. The van der Waals surface area contributed by atoms with Crippen molar-refractivity contribution in [1.29, 1.82) is 0 Å². The van der Waals surface area contributed by atoms with E-state index < -0.39 is 0 Å². The summed E-state index contributed by atoms with van der Waals surface area (Å²) in [7, 11) is 1.91. The Labute approximate surface area is 247 Å². The standard InChI is InChI=1S/C29H24N8O3S2/c1-17-13-37(29-31-9-12-42-29)27-20(25(17)40)4-6-24(33-27)35-14-18(16-38)21(15-35)34(2)23-5-3-19-22(39)7-10-36(26(19)32-23)28-30-8-11-41-28/h3-13,16,18,21H,14-15H2,1-2H3/t18-,21+/m1/s1. The fraction of sp³-hybridized carbons (Fsp3) is 0.207. The zero-order chi connectivity index (χ0) is 29.0. The monoisotopic (exact) mass is 596 g/mol. The number of aromatic nitrogens is 6. The van der Waals surface area contributed by atoms with E-state index in [2.05, 4.69) is 14.9 Å². The van der Waals surface area contributed by atoms with Crippen molar-refractivity contribution in [3.63, 3.8) is 0 Å². The van der Waals surface area contributed by atoms with E-state index in [1.54, 1.807) is 48.4 Å². The third-order valence-electron chi connectivity index (χ3n) is 7.68. The molecule has 1 aliphatic rings. The number of nitrogens with zero attached hydrogens (tertiary/aromatic N) is 8. The molecular formula is C29H24N8O3S2. The average Bonchev–Trinajstić information content (AvgIpc) is 3.81. The molecule has 13 heteroatoms. The predicted octanol–water partition coefficient (Wildman–Crippen LogP) is 3.45. The molecule has 7 heterocycles. The van der Waals surface area contributed by atoms with Crippen molar-refractivity contribution < 1.29 is 4.79 Å². The highest BCUT2D eigenvalue weighted by molar-refractivity contribution is 7.12. The molecule has 0 radical (unpaired) electrons. The van der Waals surface area contributed by atoms with Crippen LogP contribution < -0.4 is 20.7 Å². The van der Waals surface area contributed by atoms with E-state index in [1.807, 2.05) is 39.4 Å². The van der Waals surface area contributed by atoms with Gasteiger partial charge in [0.05, 0.1) is 22.7 Å². The van der Waals surface area contributed by atoms with E-state index in [0.29, 0.717) is 57.5 Å². The number of aryl methyl sites for hydroxylation is 1. The van der Waals surface area contributed by atoms with Gasteiger partial charge < -0.3 is 14.6 Å². The smallest absolute Gasteiger partial charge is 0.195 e. The van der Waals surface area contributed by atoms with Crippen LogP contribution in [-0.2, 0) is 4.79 Å². The molecular weight excluding hydrogens is 573 g/mol. The lowest BCUT2D eigenvalue weighted by Crippen LogP contribution is -2.39. The Morgan fingerprint density at radius 1 is 0.905 bits per heavy atom. The fourth-order valence-electron chi connectivity index (χ4n) is 5.50. The van der Waals surface area contributed by atoms with Crippen LogP contribution in [0.25, 0.3) is 32.3 Å². The van der Waals surface area contributed by atoms with Gasteiger partial charge in [-0.25, -0.2) is 19.9 Å². The van der Waals surface area contributed by atoms with Gasteiger partial charge in [0.15, 0.2) is 32.4 Å². The van der Waals surface area contributed by atoms with Crippen molar-refractivity contribution in [2.75, 3.05) is 29.9 Å². The number of fused-ring (bicyclic) bond motifs is 2. The van der Waals surface area contributed by atoms with Crippen LogP contribution in [0, 0.1) is 12.8 Å². The molecule has 0 aliphatic carbocycles. The van der Waals surface area contributed by atoms with Gasteiger partial charge in [0.2, 0.25) is 0 Å². The summed E-state index contributed by atoms with van der Waals surface area (Å²) in [5.41, 5.74) is 1.45. The van der Waals surface area contributed by atoms with Gasteiger partial charge in [-0.2, -0.15) is 0 Å². The molecule has 0 amide bonds. The second kappa shape index (κ2) is 10.3. The van der Waals surface area contributed by atoms with Crippen LogP contribution in [0.15, 0.2) is 75.5 Å². The molecule has 1 aliphatic heterocycles. The van der Waals surface area contributed by atoms with Crippen LogP contribution in [0.2, 0.25) is 0 Å². The van der Waals surface area contributed by atoms with Crippen molar-refractivity contribution in [3.8, 4) is 10.3 Å². The second-order valence-electron chi connectivity index (χ2n) is 10.2. The van der Waals surface area contributed by atoms with Crippen LogP contribution in [-0.4, -0.2) is 61.5 Å². The van der Waals surface area contributed by atoms with Crippen molar-refractivity contribution >= 4 is 62.7 Å². The van der Waals surface area contributed by atoms with E-state index in [-0.39, 0.29) is 22.8 Å². The molecule has 1 fully saturated rings. The van der Waals surface area contributed by atoms with Gasteiger partial charge in [-0.1, -0.05) is 0 Å². The molecule has 0 bridgehead atoms. The van der Waals surface area contributed by atoms with E-state index in [0.717, 1.165) is 11.4 Å². The minimum absolute atomic E-state index is 0.0692. The first-order valence-electron chi connectivity index (χ1n) is 13.2. The molecule has 0 unspecified atom stereocenters. The lowest BCUT2D eigenvalue weighted by molar-refractivity contribution is -0.110. The Bertz CT molecular complexity index is 2070. The molecule has 2 atom stereocenters. The highest BCUT2D eigenvalue weighted by Crippen LogP contribution is 2.30. The molecule has 6 aromatic rings. The highest BCUT2D eigenvalue weighted by Gasteiger charge is 2.37. The zero-order valence-electron chi connectivity index (χ0n) is 22.6. The number of thiazole rings is 2. The summed E-state index contributed by atoms with van der Waals surface area (Å²) in [6.07, 6.45) is 7.86. The molecule has 42 heavy (non-hydrogen) atoms. The number of aldehydes is 1. The van der Waals surface area contributed by atoms with Crippen LogP contribution in [0.1, 0.15) is 5.56 Å². The Hall–Kier alpha value is -4.75. The van der Waals surface area contributed by atoms with Gasteiger partial charge in [-0.3, -0.25) is 18.7 Å². The molecule has 0 N–H and O–H groups in total. The minimum Gasteiger partial charge on any atom is -0.354 e. The quantitative estimate of drug-likeness (QED) is 0.266. The maximum atomic E-state index is 12.9. The zero-order valence-corrected chi connectivity index (χ0v) is 24.2. The minimum atomic E-state index is -0.318. The molecule has 7 rings (SSSR count). The largest absolute Gasteiger partial charge is 0.354 e. The summed E-state index contributed by atoms with van der Waals surface area (Å²) < 4.78 is 3.65. The van der Waals surface area contributed by atoms with Crippen LogP contribution in [0.3, 0.4) is 0 Å². The van der Waals surface area contributed by atoms with E-state index in [4.69, 9.17) is 9.97 Å². The van der Waals surface area contributed by atoms with Gasteiger partial charge in [0.1, 0.15) is 17.9 Å². The summed E-state index contributed by atoms with van der Waals surface area (Å²) >= 11 is 2.91. The molecule has 11 nitrogen and oxygen atoms in total. The number of hydrogen-bond donors (Lipinski definition) is 0. The number of carbonyl (C=O) groups excluding carboxylic acids is 1. The lowest BCUT2D eigenvalue weighted by atomic mass is 10.0. The Kier molecular flexibility index (Phi) is 6.39. The topological polar surface area (TPSA) is 119 Å². The summed E-state index contributed by atoms with van der Waals surface area (Å²) in [5.74, 6) is 0.987. The summed E-state index contributed by atoms with van der Waals surface area (Å²) in [6, 6.07) is 8.52. The Balaban J connectivity index is 1.25. The SMILES string of the molecule is Cc1cn(-c2nccs2)c2nc(N3C[C@H](C=O)[C@@H](N(C)c4ccc5c(=O)ccn(-c6nccs6)c5n4)C3)ccc2c1=O. The number of anilines is 2. The first-order chi connectivity index (χ1) is 20.4.